The third kappa shape index (κ3) is 3.62. The van der Waals surface area contributed by atoms with Crippen LogP contribution in [-0.4, -0.2) is 32.3 Å². The highest BCUT2D eigenvalue weighted by Gasteiger charge is 2.21. The maximum atomic E-state index is 13.6. The smallest absolute Gasteiger partial charge is 0.345 e. The molecule has 0 spiro atoms. The largest absolute Gasteiger partial charge is 0.497 e. The number of H-pyrrole nitrogens is 1. The van der Waals surface area contributed by atoms with Gasteiger partial charge >= 0.3 is 5.97 Å². The fraction of sp³-hybridized carbons (Fsp3) is 0.200. The van der Waals surface area contributed by atoms with E-state index in [0.29, 0.717) is 16.9 Å². The number of fused-ring (bicyclic) bond motifs is 1. The highest BCUT2D eigenvalue weighted by molar-refractivity contribution is 6.04. The molecule has 0 aliphatic rings. The molecule has 0 aliphatic heterocycles. The molecule has 3 aromatic rings. The molecule has 8 heteroatoms. The molecule has 0 aliphatic carbocycles. The molecule has 0 atom stereocenters. The molecule has 0 bridgehead atoms. The second-order valence-corrected chi connectivity index (χ2v) is 5.92. The minimum atomic E-state index is -0.799. The summed E-state index contributed by atoms with van der Waals surface area (Å²) in [5.74, 6) is -0.0706. The van der Waals surface area contributed by atoms with Crippen LogP contribution in [0.1, 0.15) is 15.9 Å². The van der Waals surface area contributed by atoms with E-state index in [4.69, 9.17) is 14.2 Å². The van der Waals surface area contributed by atoms with Crippen molar-refractivity contribution in [3.63, 3.8) is 0 Å². The van der Waals surface area contributed by atoms with Gasteiger partial charge in [0.05, 0.1) is 32.5 Å². The van der Waals surface area contributed by atoms with Gasteiger partial charge in [-0.2, -0.15) is 0 Å². The minimum absolute atomic E-state index is 0.191. The Kier molecular flexibility index (Phi) is 5.49. The number of carbonyl (C=O) groups is 1. The van der Waals surface area contributed by atoms with Crippen LogP contribution in [-0.2, 0) is 11.3 Å². The summed E-state index contributed by atoms with van der Waals surface area (Å²) in [6, 6.07) is 9.21. The van der Waals surface area contributed by atoms with Gasteiger partial charge < -0.3 is 24.5 Å². The van der Waals surface area contributed by atoms with Crippen LogP contribution in [0.5, 0.6) is 11.5 Å². The normalized spacial score (nSPS) is 10.6. The van der Waals surface area contributed by atoms with E-state index in [0.717, 1.165) is 5.56 Å². The lowest BCUT2D eigenvalue weighted by molar-refractivity contribution is 0.0600. The number of pyridine rings is 1. The van der Waals surface area contributed by atoms with Crippen molar-refractivity contribution in [3.05, 3.63) is 63.7 Å². The van der Waals surface area contributed by atoms with Gasteiger partial charge in [0.15, 0.2) is 0 Å². The van der Waals surface area contributed by atoms with E-state index in [2.05, 4.69) is 10.3 Å². The average Bonchev–Trinajstić information content (AvgIpc) is 2.70. The topological polar surface area (TPSA) is 89.7 Å². The number of ether oxygens (including phenoxy) is 3. The molecule has 2 N–H and O–H groups in total. The first-order chi connectivity index (χ1) is 13.5. The Bertz CT molecular complexity index is 1090. The van der Waals surface area contributed by atoms with E-state index < -0.39 is 17.3 Å². The van der Waals surface area contributed by atoms with Crippen molar-refractivity contribution in [2.24, 2.45) is 0 Å². The number of halogens is 1. The first kappa shape index (κ1) is 19.2. The van der Waals surface area contributed by atoms with Crippen LogP contribution in [0.4, 0.5) is 10.1 Å². The standard InChI is InChI=1S/C20H19FN2O5/c1-26-13-5-7-16(27-2)11(8-13)10-22-18-14-6-4-12(21)9-15(14)23-19(24)17(18)20(25)28-3/h4-9H,10H2,1-3H3,(H2,22,23,24). The third-order valence-electron chi connectivity index (χ3n) is 4.31. The number of hydrogen-bond acceptors (Lipinski definition) is 6. The van der Waals surface area contributed by atoms with Gasteiger partial charge in [-0.05, 0) is 36.4 Å². The summed E-state index contributed by atoms with van der Waals surface area (Å²) in [6.45, 7) is 0.223. The molecule has 1 heterocycles. The summed E-state index contributed by atoms with van der Waals surface area (Å²) in [5.41, 5.74) is 0.384. The molecule has 0 radical (unpaired) electrons. The SMILES string of the molecule is COC(=O)c1c(NCc2cc(OC)ccc2OC)c2ccc(F)cc2[nH]c1=O. The number of benzene rings is 2. The Morgan fingerprint density at radius 3 is 2.57 bits per heavy atom. The molecule has 3 rings (SSSR count). The molecule has 0 unspecified atom stereocenters. The number of hydrogen-bond donors (Lipinski definition) is 2. The maximum absolute atomic E-state index is 13.6. The van der Waals surface area contributed by atoms with Crippen LogP contribution in [0.2, 0.25) is 0 Å². The predicted octanol–water partition coefficient (Wildman–Crippen LogP) is 3.08. The predicted molar refractivity (Wildman–Crippen MR) is 103 cm³/mol. The molecule has 7 nitrogen and oxygen atoms in total. The van der Waals surface area contributed by atoms with Crippen LogP contribution in [0.15, 0.2) is 41.2 Å². The lowest BCUT2D eigenvalue weighted by atomic mass is 10.1. The molecule has 2 aromatic carbocycles. The van der Waals surface area contributed by atoms with Crippen molar-refractivity contribution >= 4 is 22.6 Å². The zero-order valence-electron chi connectivity index (χ0n) is 15.6. The number of aromatic amines is 1. The molecule has 28 heavy (non-hydrogen) atoms. The van der Waals surface area contributed by atoms with E-state index >= 15 is 0 Å². The van der Waals surface area contributed by atoms with Crippen molar-refractivity contribution in [1.29, 1.82) is 0 Å². The Morgan fingerprint density at radius 1 is 1.11 bits per heavy atom. The van der Waals surface area contributed by atoms with Gasteiger partial charge in [0, 0.05) is 17.5 Å². The lowest BCUT2D eigenvalue weighted by Gasteiger charge is -2.15. The van der Waals surface area contributed by atoms with Crippen LogP contribution >= 0.6 is 0 Å². The average molecular weight is 386 g/mol. The van der Waals surface area contributed by atoms with Gasteiger partial charge in [0.25, 0.3) is 5.56 Å². The molecule has 146 valence electrons. The second kappa shape index (κ2) is 7.99. The molecule has 0 saturated heterocycles. The van der Waals surface area contributed by atoms with Gasteiger partial charge in [-0.15, -0.1) is 0 Å². The summed E-state index contributed by atoms with van der Waals surface area (Å²) in [4.78, 5) is 27.1. The number of esters is 1. The molecular formula is C20H19FN2O5. The second-order valence-electron chi connectivity index (χ2n) is 5.92. The van der Waals surface area contributed by atoms with Crippen LogP contribution < -0.4 is 20.3 Å². The van der Waals surface area contributed by atoms with Crippen molar-refractivity contribution in [3.8, 4) is 11.5 Å². The summed E-state index contributed by atoms with van der Waals surface area (Å²) in [5, 5.41) is 3.57. The Morgan fingerprint density at radius 2 is 1.89 bits per heavy atom. The minimum Gasteiger partial charge on any atom is -0.497 e. The Balaban J connectivity index is 2.11. The summed E-state index contributed by atoms with van der Waals surface area (Å²) >= 11 is 0. The van der Waals surface area contributed by atoms with Crippen molar-refractivity contribution in [2.75, 3.05) is 26.6 Å². The van der Waals surface area contributed by atoms with Crippen LogP contribution in [0.25, 0.3) is 10.9 Å². The highest BCUT2D eigenvalue weighted by atomic mass is 19.1. The van der Waals surface area contributed by atoms with Gasteiger partial charge in [0.1, 0.15) is 22.9 Å². The number of rotatable bonds is 6. The number of methoxy groups -OCH3 is 3. The molecule has 0 amide bonds. The highest BCUT2D eigenvalue weighted by Crippen LogP contribution is 2.28. The number of carbonyl (C=O) groups excluding carboxylic acids is 1. The molecule has 1 aromatic heterocycles. The first-order valence-corrected chi connectivity index (χ1v) is 8.37. The summed E-state index contributed by atoms with van der Waals surface area (Å²) < 4.78 is 28.9. The first-order valence-electron chi connectivity index (χ1n) is 8.37. The van der Waals surface area contributed by atoms with Gasteiger partial charge in [0.2, 0.25) is 0 Å². The monoisotopic (exact) mass is 386 g/mol. The van der Waals surface area contributed by atoms with Crippen molar-refractivity contribution in [2.45, 2.75) is 6.54 Å². The van der Waals surface area contributed by atoms with Crippen molar-refractivity contribution in [1.82, 2.24) is 4.98 Å². The van der Waals surface area contributed by atoms with E-state index in [1.807, 2.05) is 0 Å². The third-order valence-corrected chi connectivity index (χ3v) is 4.31. The zero-order valence-corrected chi connectivity index (χ0v) is 15.6. The summed E-state index contributed by atoms with van der Waals surface area (Å²) in [7, 11) is 4.27. The van der Waals surface area contributed by atoms with Gasteiger partial charge in [-0.25, -0.2) is 9.18 Å². The maximum Gasteiger partial charge on any atom is 0.345 e. The molecule has 0 saturated carbocycles. The van der Waals surface area contributed by atoms with E-state index in [1.165, 1.54) is 32.4 Å². The number of anilines is 1. The number of nitrogens with one attached hydrogen (secondary N) is 2. The fourth-order valence-electron chi connectivity index (χ4n) is 2.96. The van der Waals surface area contributed by atoms with E-state index in [9.17, 15) is 14.0 Å². The quantitative estimate of drug-likeness (QED) is 0.633. The van der Waals surface area contributed by atoms with Gasteiger partial charge in [-0.1, -0.05) is 0 Å². The fourth-order valence-corrected chi connectivity index (χ4v) is 2.96. The molecule has 0 fully saturated rings. The van der Waals surface area contributed by atoms with Gasteiger partial charge in [-0.3, -0.25) is 4.79 Å². The Hall–Kier alpha value is -3.55. The van der Waals surface area contributed by atoms with E-state index in [1.54, 1.807) is 25.3 Å². The van der Waals surface area contributed by atoms with E-state index in [-0.39, 0.29) is 23.3 Å². The van der Waals surface area contributed by atoms with Crippen molar-refractivity contribution < 1.29 is 23.4 Å². The number of aromatic nitrogens is 1. The van der Waals surface area contributed by atoms with Crippen LogP contribution in [0.3, 0.4) is 0 Å². The molecular weight excluding hydrogens is 367 g/mol. The lowest BCUT2D eigenvalue weighted by Crippen LogP contribution is -2.22. The Labute approximate surface area is 160 Å². The zero-order chi connectivity index (χ0) is 20.3. The summed E-state index contributed by atoms with van der Waals surface area (Å²) in [6.07, 6.45) is 0. The van der Waals surface area contributed by atoms with Crippen LogP contribution in [0, 0.1) is 5.82 Å².